The van der Waals surface area contributed by atoms with E-state index in [1.807, 2.05) is 7.05 Å². The van der Waals surface area contributed by atoms with Crippen molar-refractivity contribution in [3.8, 4) is 0 Å². The number of hydrogen-bond donors (Lipinski definition) is 1. The molecule has 0 aliphatic heterocycles. The summed E-state index contributed by atoms with van der Waals surface area (Å²) in [6.07, 6.45) is 1.07. The maximum atomic E-state index is 5.13. The van der Waals surface area contributed by atoms with Gasteiger partial charge in [0.1, 0.15) is 0 Å². The molecule has 0 aliphatic carbocycles. The van der Waals surface area contributed by atoms with E-state index in [1.165, 1.54) is 0 Å². The van der Waals surface area contributed by atoms with Crippen LogP contribution < -0.4 is 5.32 Å². The molecule has 1 N–H and O–H groups in total. The zero-order chi connectivity index (χ0) is 12.4. The molecule has 0 aliphatic rings. The Kier molecular flexibility index (Phi) is 8.84. The van der Waals surface area contributed by atoms with Crippen molar-refractivity contribution >= 4 is 0 Å². The topological polar surface area (TPSA) is 33.7 Å². The Balaban J connectivity index is 3.98. The van der Waals surface area contributed by atoms with Crippen molar-refractivity contribution in [1.82, 2.24) is 10.2 Å². The van der Waals surface area contributed by atoms with Gasteiger partial charge in [-0.1, -0.05) is 0 Å². The van der Waals surface area contributed by atoms with Gasteiger partial charge in [0.05, 0.1) is 6.61 Å². The molecule has 0 atom stereocenters. The van der Waals surface area contributed by atoms with E-state index in [4.69, 9.17) is 9.47 Å². The highest BCUT2D eigenvalue weighted by Gasteiger charge is 2.18. The predicted molar refractivity (Wildman–Crippen MR) is 67.9 cm³/mol. The van der Waals surface area contributed by atoms with Gasteiger partial charge in [0.25, 0.3) is 0 Å². The molecule has 98 valence electrons. The van der Waals surface area contributed by atoms with E-state index in [-0.39, 0.29) is 5.54 Å². The third kappa shape index (κ3) is 8.05. The SMILES string of the molecule is CNC(C)(C)CN(CCCOC)CCOC. The zero-order valence-electron chi connectivity index (χ0n) is 11.5. The van der Waals surface area contributed by atoms with Crippen LogP contribution in [-0.4, -0.2) is 64.6 Å². The summed E-state index contributed by atoms with van der Waals surface area (Å²) in [5, 5.41) is 3.32. The van der Waals surface area contributed by atoms with Crippen LogP contribution in [0.3, 0.4) is 0 Å². The molecule has 0 saturated heterocycles. The monoisotopic (exact) mass is 232 g/mol. The molecule has 0 aromatic heterocycles. The highest BCUT2D eigenvalue weighted by atomic mass is 16.5. The highest BCUT2D eigenvalue weighted by Crippen LogP contribution is 2.05. The lowest BCUT2D eigenvalue weighted by atomic mass is 10.1. The van der Waals surface area contributed by atoms with Crippen LogP contribution >= 0.6 is 0 Å². The van der Waals surface area contributed by atoms with Gasteiger partial charge in [-0.05, 0) is 27.3 Å². The molecule has 0 spiro atoms. The highest BCUT2D eigenvalue weighted by molar-refractivity contribution is 4.80. The summed E-state index contributed by atoms with van der Waals surface area (Å²) in [7, 11) is 5.50. The third-order valence-corrected chi connectivity index (χ3v) is 2.73. The molecule has 0 amide bonds. The predicted octanol–water partition coefficient (Wildman–Crippen LogP) is 0.969. The van der Waals surface area contributed by atoms with E-state index in [1.54, 1.807) is 14.2 Å². The standard InChI is InChI=1S/C12H28N2O2/c1-12(2,13-3)11-14(8-10-16-5)7-6-9-15-4/h13H,6-11H2,1-5H3. The van der Waals surface area contributed by atoms with Gasteiger partial charge in [-0.15, -0.1) is 0 Å². The van der Waals surface area contributed by atoms with Crippen LogP contribution in [0.2, 0.25) is 0 Å². The molecule has 0 heterocycles. The molecule has 0 bridgehead atoms. The minimum atomic E-state index is 0.140. The van der Waals surface area contributed by atoms with Crippen molar-refractivity contribution in [3.63, 3.8) is 0 Å². The second-order valence-electron chi connectivity index (χ2n) is 4.75. The summed E-state index contributed by atoms with van der Waals surface area (Å²) in [6, 6.07) is 0. The van der Waals surface area contributed by atoms with Gasteiger partial charge in [-0.25, -0.2) is 0 Å². The fourth-order valence-corrected chi connectivity index (χ4v) is 1.56. The number of nitrogens with one attached hydrogen (secondary N) is 1. The van der Waals surface area contributed by atoms with Crippen molar-refractivity contribution in [3.05, 3.63) is 0 Å². The van der Waals surface area contributed by atoms with Crippen LogP contribution in [0.15, 0.2) is 0 Å². The maximum Gasteiger partial charge on any atom is 0.0589 e. The Bertz CT molecular complexity index is 163. The first-order chi connectivity index (χ1) is 7.55. The van der Waals surface area contributed by atoms with Crippen LogP contribution in [0, 0.1) is 0 Å². The molecule has 16 heavy (non-hydrogen) atoms. The van der Waals surface area contributed by atoms with Crippen LogP contribution in [0.4, 0.5) is 0 Å². The van der Waals surface area contributed by atoms with Gasteiger partial charge in [0.2, 0.25) is 0 Å². The Hall–Kier alpha value is -0.160. The number of rotatable bonds is 10. The Labute approximate surface area is 100 Å². The van der Waals surface area contributed by atoms with Gasteiger partial charge >= 0.3 is 0 Å². The lowest BCUT2D eigenvalue weighted by molar-refractivity contribution is 0.117. The summed E-state index contributed by atoms with van der Waals surface area (Å²) in [5.41, 5.74) is 0.140. The van der Waals surface area contributed by atoms with Gasteiger partial charge in [0.15, 0.2) is 0 Å². The van der Waals surface area contributed by atoms with Crippen LogP contribution in [0.1, 0.15) is 20.3 Å². The molecule has 0 rings (SSSR count). The van der Waals surface area contributed by atoms with Crippen molar-refractivity contribution in [1.29, 1.82) is 0 Å². The minimum Gasteiger partial charge on any atom is -0.385 e. The molecule has 0 saturated carbocycles. The van der Waals surface area contributed by atoms with Crippen LogP contribution in [0.25, 0.3) is 0 Å². The normalized spacial score (nSPS) is 12.4. The summed E-state index contributed by atoms with van der Waals surface area (Å²) in [5.74, 6) is 0. The second kappa shape index (κ2) is 8.93. The molecular weight excluding hydrogens is 204 g/mol. The third-order valence-electron chi connectivity index (χ3n) is 2.73. The van der Waals surface area contributed by atoms with E-state index in [2.05, 4.69) is 24.1 Å². The molecule has 0 fully saturated rings. The largest absolute Gasteiger partial charge is 0.385 e. The van der Waals surface area contributed by atoms with E-state index in [0.717, 1.165) is 39.3 Å². The number of hydrogen-bond acceptors (Lipinski definition) is 4. The Morgan fingerprint density at radius 1 is 1.06 bits per heavy atom. The molecular formula is C12H28N2O2. The Morgan fingerprint density at radius 3 is 2.19 bits per heavy atom. The average molecular weight is 232 g/mol. The fourth-order valence-electron chi connectivity index (χ4n) is 1.56. The van der Waals surface area contributed by atoms with Gasteiger partial charge in [-0.2, -0.15) is 0 Å². The molecule has 0 radical (unpaired) electrons. The van der Waals surface area contributed by atoms with Crippen molar-refractivity contribution in [2.24, 2.45) is 0 Å². The quantitative estimate of drug-likeness (QED) is 0.569. The zero-order valence-corrected chi connectivity index (χ0v) is 11.5. The average Bonchev–Trinajstić information content (AvgIpc) is 2.25. The maximum absolute atomic E-state index is 5.13. The van der Waals surface area contributed by atoms with Crippen LogP contribution in [-0.2, 0) is 9.47 Å². The summed E-state index contributed by atoms with van der Waals surface area (Å²) >= 11 is 0. The second-order valence-corrected chi connectivity index (χ2v) is 4.75. The minimum absolute atomic E-state index is 0.140. The molecule has 0 aromatic carbocycles. The fraction of sp³-hybridized carbons (Fsp3) is 1.00. The molecule has 4 nitrogen and oxygen atoms in total. The smallest absolute Gasteiger partial charge is 0.0589 e. The van der Waals surface area contributed by atoms with Gasteiger partial charge in [0, 0.05) is 46.0 Å². The Morgan fingerprint density at radius 2 is 1.69 bits per heavy atom. The van der Waals surface area contributed by atoms with E-state index < -0.39 is 0 Å². The first-order valence-electron chi connectivity index (χ1n) is 5.95. The van der Waals surface area contributed by atoms with Crippen molar-refractivity contribution in [2.75, 3.05) is 54.1 Å². The van der Waals surface area contributed by atoms with Crippen molar-refractivity contribution in [2.45, 2.75) is 25.8 Å². The van der Waals surface area contributed by atoms with Gasteiger partial charge in [-0.3, -0.25) is 4.90 Å². The summed E-state index contributed by atoms with van der Waals surface area (Å²) < 4.78 is 10.2. The number of ether oxygens (including phenoxy) is 2. The molecule has 0 unspecified atom stereocenters. The van der Waals surface area contributed by atoms with Crippen LogP contribution in [0.5, 0.6) is 0 Å². The lowest BCUT2D eigenvalue weighted by Crippen LogP contribution is -2.48. The molecule has 0 aromatic rings. The number of likely N-dealkylation sites (N-methyl/N-ethyl adjacent to an activating group) is 1. The van der Waals surface area contributed by atoms with E-state index in [0.29, 0.717) is 0 Å². The van der Waals surface area contributed by atoms with Gasteiger partial charge < -0.3 is 14.8 Å². The summed E-state index contributed by atoms with van der Waals surface area (Å²) in [4.78, 5) is 2.42. The van der Waals surface area contributed by atoms with E-state index in [9.17, 15) is 0 Å². The lowest BCUT2D eigenvalue weighted by Gasteiger charge is -2.32. The molecule has 4 heteroatoms. The number of methoxy groups -OCH3 is 2. The first kappa shape index (κ1) is 15.8. The van der Waals surface area contributed by atoms with E-state index >= 15 is 0 Å². The first-order valence-corrected chi connectivity index (χ1v) is 5.95. The number of nitrogens with zero attached hydrogens (tertiary/aromatic N) is 1. The van der Waals surface area contributed by atoms with Crippen molar-refractivity contribution < 1.29 is 9.47 Å². The summed E-state index contributed by atoms with van der Waals surface area (Å²) in [6.45, 7) is 9.09.